The largest absolute Gasteiger partial charge is 0.444 e. The first-order chi connectivity index (χ1) is 9.20. The summed E-state index contributed by atoms with van der Waals surface area (Å²) in [5.41, 5.74) is 0.517. The minimum absolute atomic E-state index is 0.171. The van der Waals surface area contributed by atoms with Gasteiger partial charge in [-0.3, -0.25) is 4.79 Å². The van der Waals surface area contributed by atoms with Crippen molar-refractivity contribution in [3.05, 3.63) is 48.0 Å². The van der Waals surface area contributed by atoms with Crippen LogP contribution in [0.2, 0.25) is 0 Å². The molecule has 20 heavy (non-hydrogen) atoms. The van der Waals surface area contributed by atoms with Gasteiger partial charge in [-0.15, -0.1) is 0 Å². The fourth-order valence-corrected chi connectivity index (χ4v) is 1.65. The lowest BCUT2D eigenvalue weighted by Gasteiger charge is -2.24. The minimum atomic E-state index is -0.594. The Bertz CT molecular complexity index is 500. The molecule has 0 fully saturated rings. The summed E-state index contributed by atoms with van der Waals surface area (Å²) in [6.45, 7) is 10.5. The number of amides is 1. The second-order valence-corrected chi connectivity index (χ2v) is 5.57. The van der Waals surface area contributed by atoms with Gasteiger partial charge in [-0.1, -0.05) is 36.9 Å². The van der Waals surface area contributed by atoms with E-state index in [0.717, 1.165) is 5.56 Å². The third kappa shape index (κ3) is 4.88. The fourth-order valence-electron chi connectivity index (χ4n) is 1.65. The van der Waals surface area contributed by atoms with E-state index in [-0.39, 0.29) is 5.78 Å². The molecule has 1 amide bonds. The van der Waals surface area contributed by atoms with Gasteiger partial charge in [0.15, 0.2) is 5.78 Å². The zero-order valence-electron chi connectivity index (χ0n) is 12.4. The molecule has 0 unspecified atom stereocenters. The normalized spacial score (nSPS) is 12.4. The molecule has 0 aromatic heterocycles. The molecule has 0 saturated carbocycles. The fraction of sp³-hybridized carbons (Fsp3) is 0.375. The number of nitrogens with one attached hydrogen (secondary N) is 1. The van der Waals surface area contributed by atoms with Gasteiger partial charge in [-0.25, -0.2) is 4.79 Å². The van der Waals surface area contributed by atoms with E-state index in [9.17, 15) is 9.59 Å². The monoisotopic (exact) mass is 275 g/mol. The number of ether oxygens (including phenoxy) is 1. The van der Waals surface area contributed by atoms with Gasteiger partial charge in [0.25, 0.3) is 0 Å². The molecule has 0 saturated heterocycles. The molecule has 0 heterocycles. The van der Waals surface area contributed by atoms with Crippen LogP contribution >= 0.6 is 0 Å². The standard InChI is InChI=1S/C16H21NO3/c1-11(12(2)18)14(13-9-7-6-8-10-13)17-15(19)20-16(3,4)5/h6-10,14H,1H2,2-5H3,(H,17,19)/t14-/m1/s1. The molecule has 108 valence electrons. The molecule has 0 aliphatic heterocycles. The van der Waals surface area contributed by atoms with Gasteiger partial charge in [0.1, 0.15) is 5.60 Å². The van der Waals surface area contributed by atoms with Crippen LogP contribution in [0, 0.1) is 0 Å². The highest BCUT2D eigenvalue weighted by Crippen LogP contribution is 2.21. The van der Waals surface area contributed by atoms with Crippen LogP contribution in [0.1, 0.15) is 39.3 Å². The smallest absolute Gasteiger partial charge is 0.408 e. The number of Topliss-reactive ketones (excluding diaryl/α,β-unsaturated/α-hetero) is 1. The Kier molecular flexibility index (Phi) is 5.08. The number of hydrogen-bond donors (Lipinski definition) is 1. The molecule has 4 nitrogen and oxygen atoms in total. The molecule has 0 bridgehead atoms. The van der Waals surface area contributed by atoms with Gasteiger partial charge >= 0.3 is 6.09 Å². The summed E-state index contributed by atoms with van der Waals surface area (Å²) in [6, 6.07) is 8.62. The molecule has 1 N–H and O–H groups in total. The first-order valence-electron chi connectivity index (χ1n) is 6.45. The quantitative estimate of drug-likeness (QED) is 0.857. The average Bonchev–Trinajstić information content (AvgIpc) is 2.34. The lowest BCUT2D eigenvalue weighted by molar-refractivity contribution is -0.113. The molecule has 1 atom stereocenters. The van der Waals surface area contributed by atoms with Gasteiger partial charge in [-0.2, -0.15) is 0 Å². The molecule has 0 aliphatic carbocycles. The van der Waals surface area contributed by atoms with Crippen LogP contribution in [0.3, 0.4) is 0 Å². The van der Waals surface area contributed by atoms with Crippen LogP contribution in [-0.2, 0) is 9.53 Å². The van der Waals surface area contributed by atoms with Gasteiger partial charge in [0.2, 0.25) is 0 Å². The lowest BCUT2D eigenvalue weighted by atomic mass is 9.97. The van der Waals surface area contributed by atoms with Crippen molar-refractivity contribution >= 4 is 11.9 Å². The highest BCUT2D eigenvalue weighted by atomic mass is 16.6. The molecule has 1 aromatic carbocycles. The van der Waals surface area contributed by atoms with E-state index in [1.807, 2.05) is 30.3 Å². The van der Waals surface area contributed by atoms with Crippen molar-refractivity contribution in [2.24, 2.45) is 0 Å². The summed E-state index contributed by atoms with van der Waals surface area (Å²) in [6.07, 6.45) is -0.575. The second kappa shape index (κ2) is 6.37. The minimum Gasteiger partial charge on any atom is -0.444 e. The maximum atomic E-state index is 11.9. The second-order valence-electron chi connectivity index (χ2n) is 5.57. The van der Waals surface area contributed by atoms with Gasteiger partial charge in [-0.05, 0) is 33.3 Å². The van der Waals surface area contributed by atoms with E-state index in [1.54, 1.807) is 20.8 Å². The predicted octanol–water partition coefficient (Wildman–Crippen LogP) is 3.40. The molecule has 0 spiro atoms. The van der Waals surface area contributed by atoms with Crippen molar-refractivity contribution in [3.8, 4) is 0 Å². The molecular formula is C16H21NO3. The topological polar surface area (TPSA) is 55.4 Å². The number of rotatable bonds is 4. The molecule has 1 aromatic rings. The molecule has 0 aliphatic rings. The van der Waals surface area contributed by atoms with E-state index in [1.165, 1.54) is 6.92 Å². The van der Waals surface area contributed by atoms with Gasteiger partial charge in [0, 0.05) is 5.57 Å². The van der Waals surface area contributed by atoms with Crippen molar-refractivity contribution in [2.45, 2.75) is 39.3 Å². The van der Waals surface area contributed by atoms with Crippen LogP contribution in [0.15, 0.2) is 42.5 Å². The van der Waals surface area contributed by atoms with Crippen LogP contribution in [0.5, 0.6) is 0 Å². The van der Waals surface area contributed by atoms with Crippen molar-refractivity contribution in [1.82, 2.24) is 5.32 Å². The molecule has 0 radical (unpaired) electrons. The van der Waals surface area contributed by atoms with Crippen LogP contribution < -0.4 is 5.32 Å². The van der Waals surface area contributed by atoms with Crippen LogP contribution in [0.25, 0.3) is 0 Å². The Morgan fingerprint density at radius 2 is 1.75 bits per heavy atom. The van der Waals surface area contributed by atoms with Crippen molar-refractivity contribution in [2.75, 3.05) is 0 Å². The maximum Gasteiger partial charge on any atom is 0.408 e. The van der Waals surface area contributed by atoms with E-state index in [2.05, 4.69) is 11.9 Å². The van der Waals surface area contributed by atoms with Crippen molar-refractivity contribution in [3.63, 3.8) is 0 Å². The summed E-state index contributed by atoms with van der Waals surface area (Å²) >= 11 is 0. The molecule has 4 heteroatoms. The summed E-state index contributed by atoms with van der Waals surface area (Å²) < 4.78 is 5.22. The first-order valence-corrected chi connectivity index (χ1v) is 6.45. The SMILES string of the molecule is C=C(C(C)=O)[C@@H](NC(=O)OC(C)(C)C)c1ccccc1. The van der Waals surface area contributed by atoms with Crippen LogP contribution in [0.4, 0.5) is 4.79 Å². The Morgan fingerprint density at radius 3 is 2.20 bits per heavy atom. The van der Waals surface area contributed by atoms with E-state index in [4.69, 9.17) is 4.74 Å². The van der Waals surface area contributed by atoms with Gasteiger partial charge in [0.05, 0.1) is 6.04 Å². The maximum absolute atomic E-state index is 11.9. The molecular weight excluding hydrogens is 254 g/mol. The van der Waals surface area contributed by atoms with Crippen LogP contribution in [-0.4, -0.2) is 17.5 Å². The number of benzene rings is 1. The zero-order valence-corrected chi connectivity index (χ0v) is 12.4. The average molecular weight is 275 g/mol. The summed E-state index contributed by atoms with van der Waals surface area (Å²) in [7, 11) is 0. The lowest BCUT2D eigenvalue weighted by Crippen LogP contribution is -2.36. The van der Waals surface area contributed by atoms with E-state index >= 15 is 0 Å². The highest BCUT2D eigenvalue weighted by molar-refractivity contribution is 5.94. The van der Waals surface area contributed by atoms with E-state index < -0.39 is 17.7 Å². The van der Waals surface area contributed by atoms with E-state index in [0.29, 0.717) is 5.57 Å². The number of carbonyl (C=O) groups is 2. The van der Waals surface area contributed by atoms with Crippen molar-refractivity contribution < 1.29 is 14.3 Å². The third-order valence-corrected chi connectivity index (χ3v) is 2.59. The Labute approximate surface area is 119 Å². The third-order valence-electron chi connectivity index (χ3n) is 2.59. The summed E-state index contributed by atoms with van der Waals surface area (Å²) in [5, 5.41) is 2.69. The summed E-state index contributed by atoms with van der Waals surface area (Å²) in [5.74, 6) is -0.171. The number of carbonyl (C=O) groups excluding carboxylic acids is 2. The van der Waals surface area contributed by atoms with Gasteiger partial charge < -0.3 is 10.1 Å². The van der Waals surface area contributed by atoms with Crippen molar-refractivity contribution in [1.29, 1.82) is 0 Å². The first kappa shape index (κ1) is 16.0. The Hall–Kier alpha value is -2.10. The number of ketones is 1. The predicted molar refractivity (Wildman–Crippen MR) is 78.4 cm³/mol. The summed E-state index contributed by atoms with van der Waals surface area (Å²) in [4.78, 5) is 23.4. The Morgan fingerprint density at radius 1 is 1.20 bits per heavy atom. The number of alkyl carbamates (subject to hydrolysis) is 1. The number of hydrogen-bond acceptors (Lipinski definition) is 3. The highest BCUT2D eigenvalue weighted by Gasteiger charge is 2.23. The molecule has 1 rings (SSSR count). The zero-order chi connectivity index (χ0) is 15.3. The Balaban J connectivity index is 2.93.